The zero-order valence-corrected chi connectivity index (χ0v) is 14.2. The van der Waals surface area contributed by atoms with E-state index in [0.29, 0.717) is 6.04 Å². The summed E-state index contributed by atoms with van der Waals surface area (Å²) in [6.45, 7) is 1.99. The number of aryl methyl sites for hydroxylation is 1. The number of nitrogens with zero attached hydrogens (tertiary/aromatic N) is 3. The summed E-state index contributed by atoms with van der Waals surface area (Å²) < 4.78 is 8.22. The van der Waals surface area contributed by atoms with Crippen LogP contribution in [0.4, 0.5) is 0 Å². The molecule has 0 radical (unpaired) electrons. The van der Waals surface area contributed by atoms with Crippen LogP contribution in [-0.4, -0.2) is 40.9 Å². The Bertz CT molecular complexity index is 596. The monoisotopic (exact) mass is 313 g/mol. The molecule has 1 aromatic carbocycles. The Balaban J connectivity index is 1.66. The van der Waals surface area contributed by atoms with E-state index in [2.05, 4.69) is 41.3 Å². The van der Waals surface area contributed by atoms with Crippen molar-refractivity contribution in [3.8, 4) is 0 Å². The summed E-state index contributed by atoms with van der Waals surface area (Å²) in [4.78, 5) is 2.48. The van der Waals surface area contributed by atoms with Crippen LogP contribution in [0.2, 0.25) is 0 Å². The average Bonchev–Trinajstić information content (AvgIpc) is 3.00. The zero-order chi connectivity index (χ0) is 16.1. The molecule has 4 heteroatoms. The SMILES string of the molecule is CN1CCCCC1CCOC(c1ccccc1)c1ccnn1C. The zero-order valence-electron chi connectivity index (χ0n) is 14.2. The predicted molar refractivity (Wildman–Crippen MR) is 92.3 cm³/mol. The molecule has 0 bridgehead atoms. The Morgan fingerprint density at radius 1 is 1.17 bits per heavy atom. The summed E-state index contributed by atoms with van der Waals surface area (Å²) in [5.41, 5.74) is 2.29. The van der Waals surface area contributed by atoms with E-state index in [0.717, 1.165) is 18.7 Å². The van der Waals surface area contributed by atoms with Crippen LogP contribution in [0.3, 0.4) is 0 Å². The average molecular weight is 313 g/mol. The third-order valence-corrected chi connectivity index (χ3v) is 4.89. The Morgan fingerprint density at radius 2 is 2.00 bits per heavy atom. The Kier molecular flexibility index (Phi) is 5.47. The van der Waals surface area contributed by atoms with Crippen molar-refractivity contribution in [2.75, 3.05) is 20.2 Å². The molecule has 1 aromatic heterocycles. The highest BCUT2D eigenvalue weighted by atomic mass is 16.5. The van der Waals surface area contributed by atoms with Gasteiger partial charge in [0.2, 0.25) is 0 Å². The van der Waals surface area contributed by atoms with Crippen molar-refractivity contribution in [3.63, 3.8) is 0 Å². The molecule has 0 N–H and O–H groups in total. The molecule has 1 fully saturated rings. The summed E-state index contributed by atoms with van der Waals surface area (Å²) in [6.07, 6.45) is 6.86. The second-order valence-electron chi connectivity index (χ2n) is 6.46. The molecule has 2 unspecified atom stereocenters. The van der Waals surface area contributed by atoms with Crippen LogP contribution in [0.15, 0.2) is 42.6 Å². The van der Waals surface area contributed by atoms with Gasteiger partial charge in [-0.2, -0.15) is 5.10 Å². The third-order valence-electron chi connectivity index (χ3n) is 4.89. The molecule has 0 spiro atoms. The van der Waals surface area contributed by atoms with E-state index in [1.807, 2.05) is 30.1 Å². The molecule has 124 valence electrons. The minimum absolute atomic E-state index is 0.0439. The van der Waals surface area contributed by atoms with E-state index in [1.165, 1.54) is 31.4 Å². The number of aromatic nitrogens is 2. The Morgan fingerprint density at radius 3 is 2.70 bits per heavy atom. The van der Waals surface area contributed by atoms with Gasteiger partial charge in [0.05, 0.1) is 5.69 Å². The van der Waals surface area contributed by atoms with Crippen molar-refractivity contribution < 1.29 is 4.74 Å². The second-order valence-corrected chi connectivity index (χ2v) is 6.46. The fourth-order valence-corrected chi connectivity index (χ4v) is 3.45. The molecule has 1 aliphatic heterocycles. The molecule has 0 aliphatic carbocycles. The fraction of sp³-hybridized carbons (Fsp3) is 0.526. The van der Waals surface area contributed by atoms with Crippen LogP contribution in [0.25, 0.3) is 0 Å². The van der Waals surface area contributed by atoms with Gasteiger partial charge in [-0.1, -0.05) is 36.8 Å². The van der Waals surface area contributed by atoms with Crippen LogP contribution in [0.5, 0.6) is 0 Å². The lowest BCUT2D eigenvalue weighted by Gasteiger charge is -2.32. The molecule has 2 aromatic rings. The summed E-state index contributed by atoms with van der Waals surface area (Å²) in [5.74, 6) is 0. The van der Waals surface area contributed by atoms with Crippen molar-refractivity contribution in [1.82, 2.24) is 14.7 Å². The minimum atomic E-state index is -0.0439. The van der Waals surface area contributed by atoms with Crippen LogP contribution >= 0.6 is 0 Å². The van der Waals surface area contributed by atoms with Gasteiger partial charge >= 0.3 is 0 Å². The van der Waals surface area contributed by atoms with Gasteiger partial charge in [-0.25, -0.2) is 0 Å². The van der Waals surface area contributed by atoms with Crippen LogP contribution in [0.1, 0.15) is 43.0 Å². The van der Waals surface area contributed by atoms with Crippen molar-refractivity contribution in [2.24, 2.45) is 7.05 Å². The minimum Gasteiger partial charge on any atom is -0.367 e. The third kappa shape index (κ3) is 4.01. The summed E-state index contributed by atoms with van der Waals surface area (Å²) in [7, 11) is 4.21. The van der Waals surface area contributed by atoms with Crippen LogP contribution in [0, 0.1) is 0 Å². The number of hydrogen-bond donors (Lipinski definition) is 0. The van der Waals surface area contributed by atoms with Gasteiger partial charge in [0, 0.05) is 25.9 Å². The predicted octanol–water partition coefficient (Wildman–Crippen LogP) is 3.40. The highest BCUT2D eigenvalue weighted by Gasteiger charge is 2.21. The maximum atomic E-state index is 6.32. The molecule has 23 heavy (non-hydrogen) atoms. The molecule has 3 rings (SSSR count). The first-order valence-corrected chi connectivity index (χ1v) is 8.60. The highest BCUT2D eigenvalue weighted by Crippen LogP contribution is 2.26. The van der Waals surface area contributed by atoms with Gasteiger partial charge in [-0.05, 0) is 44.5 Å². The van der Waals surface area contributed by atoms with E-state index in [4.69, 9.17) is 4.74 Å². The number of benzene rings is 1. The maximum Gasteiger partial charge on any atom is 0.124 e. The highest BCUT2D eigenvalue weighted by molar-refractivity contribution is 5.25. The van der Waals surface area contributed by atoms with Crippen LogP contribution < -0.4 is 0 Å². The van der Waals surface area contributed by atoms with Gasteiger partial charge in [0.1, 0.15) is 6.10 Å². The fourth-order valence-electron chi connectivity index (χ4n) is 3.45. The van der Waals surface area contributed by atoms with Crippen molar-refractivity contribution in [1.29, 1.82) is 0 Å². The molecule has 0 amide bonds. The lowest BCUT2D eigenvalue weighted by atomic mass is 10.0. The lowest BCUT2D eigenvalue weighted by molar-refractivity contribution is 0.0506. The Labute approximate surface area is 139 Å². The normalized spacial score (nSPS) is 20.5. The first-order chi connectivity index (χ1) is 11.3. The number of hydrogen-bond acceptors (Lipinski definition) is 3. The van der Waals surface area contributed by atoms with Gasteiger partial charge in [-0.3, -0.25) is 4.68 Å². The van der Waals surface area contributed by atoms with Gasteiger partial charge in [-0.15, -0.1) is 0 Å². The molecular formula is C19H27N3O. The lowest BCUT2D eigenvalue weighted by Crippen LogP contribution is -2.37. The summed E-state index contributed by atoms with van der Waals surface area (Å²) >= 11 is 0. The summed E-state index contributed by atoms with van der Waals surface area (Å²) in [6, 6.07) is 13.1. The molecular weight excluding hydrogens is 286 g/mol. The first kappa shape index (κ1) is 16.2. The van der Waals surface area contributed by atoms with E-state index in [9.17, 15) is 0 Å². The Hall–Kier alpha value is -1.65. The second kappa shape index (κ2) is 7.75. The van der Waals surface area contributed by atoms with E-state index in [-0.39, 0.29) is 6.10 Å². The van der Waals surface area contributed by atoms with Crippen molar-refractivity contribution in [3.05, 3.63) is 53.9 Å². The number of likely N-dealkylation sites (tertiary alicyclic amines) is 1. The quantitative estimate of drug-likeness (QED) is 0.819. The molecule has 4 nitrogen and oxygen atoms in total. The van der Waals surface area contributed by atoms with Gasteiger partial charge in [0.15, 0.2) is 0 Å². The van der Waals surface area contributed by atoms with Gasteiger partial charge in [0.25, 0.3) is 0 Å². The van der Waals surface area contributed by atoms with Crippen molar-refractivity contribution in [2.45, 2.75) is 37.8 Å². The van der Waals surface area contributed by atoms with E-state index >= 15 is 0 Å². The smallest absolute Gasteiger partial charge is 0.124 e. The molecule has 0 saturated carbocycles. The standard InChI is InChI=1S/C19H27N3O/c1-21-14-7-6-10-17(21)12-15-23-19(16-8-4-3-5-9-16)18-11-13-20-22(18)2/h3-5,8-9,11,13,17,19H,6-7,10,12,14-15H2,1-2H3. The molecule has 2 atom stereocenters. The van der Waals surface area contributed by atoms with E-state index in [1.54, 1.807) is 0 Å². The van der Waals surface area contributed by atoms with Gasteiger partial charge < -0.3 is 9.64 Å². The maximum absolute atomic E-state index is 6.32. The molecule has 1 aliphatic rings. The number of piperidine rings is 1. The first-order valence-electron chi connectivity index (χ1n) is 8.60. The number of rotatable bonds is 6. The largest absolute Gasteiger partial charge is 0.367 e. The summed E-state index contributed by atoms with van der Waals surface area (Å²) in [5, 5.41) is 4.30. The number of ether oxygens (including phenoxy) is 1. The van der Waals surface area contributed by atoms with Crippen LogP contribution in [-0.2, 0) is 11.8 Å². The van der Waals surface area contributed by atoms with E-state index < -0.39 is 0 Å². The molecule has 1 saturated heterocycles. The molecule has 2 heterocycles. The topological polar surface area (TPSA) is 30.3 Å². The van der Waals surface area contributed by atoms with Crippen molar-refractivity contribution >= 4 is 0 Å².